The molecule has 2 aromatic heterocycles. The molecule has 5 rings (SSSR count). The first-order chi connectivity index (χ1) is 17.7. The third-order valence-electron chi connectivity index (χ3n) is 7.88. The van der Waals surface area contributed by atoms with Gasteiger partial charge in [-0.05, 0) is 56.2 Å². The maximum absolute atomic E-state index is 13.9. The number of hydrogen-bond acceptors (Lipinski definition) is 5. The Morgan fingerprint density at radius 2 is 1.92 bits per heavy atom. The minimum atomic E-state index is -4.59. The van der Waals surface area contributed by atoms with Crippen molar-refractivity contribution in [2.24, 2.45) is 5.92 Å². The van der Waals surface area contributed by atoms with Crippen molar-refractivity contribution in [2.75, 3.05) is 7.05 Å². The minimum absolute atomic E-state index is 0.194. The summed E-state index contributed by atoms with van der Waals surface area (Å²) in [4.78, 5) is 5.52. The molecule has 196 valence electrons. The molecule has 4 N–H and O–H groups in total. The van der Waals surface area contributed by atoms with Crippen LogP contribution in [-0.4, -0.2) is 45.3 Å². The number of amidine groups is 1. The second-order valence-electron chi connectivity index (χ2n) is 10.3. The second-order valence-corrected chi connectivity index (χ2v) is 10.3. The van der Waals surface area contributed by atoms with Gasteiger partial charge in [-0.2, -0.15) is 18.3 Å². The summed E-state index contributed by atoms with van der Waals surface area (Å²) in [5.74, 6) is 0.442. The van der Waals surface area contributed by atoms with E-state index < -0.39 is 11.9 Å². The Morgan fingerprint density at radius 1 is 1.19 bits per heavy atom. The van der Waals surface area contributed by atoms with Crippen LogP contribution < -0.4 is 5.32 Å². The van der Waals surface area contributed by atoms with Crippen LogP contribution in [0.3, 0.4) is 0 Å². The van der Waals surface area contributed by atoms with E-state index in [1.165, 1.54) is 4.90 Å². The number of aromatic amines is 1. The predicted octanol–water partition coefficient (Wildman–Crippen LogP) is 6.25. The fourth-order valence-electron chi connectivity index (χ4n) is 5.32. The maximum atomic E-state index is 13.9. The molecule has 2 atom stereocenters. The number of nitrogens with one attached hydrogen (secondary N) is 4. The average Bonchev–Trinajstić information content (AvgIpc) is 3.25. The van der Waals surface area contributed by atoms with Gasteiger partial charge in [0.2, 0.25) is 0 Å². The van der Waals surface area contributed by atoms with Gasteiger partial charge in [0.05, 0.1) is 17.5 Å². The van der Waals surface area contributed by atoms with E-state index in [1.807, 2.05) is 31.2 Å². The van der Waals surface area contributed by atoms with Crippen LogP contribution in [-0.2, 0) is 6.18 Å². The molecule has 2 aliphatic rings. The number of H-pyrrole nitrogens is 1. The van der Waals surface area contributed by atoms with Crippen molar-refractivity contribution in [3.8, 4) is 11.3 Å². The van der Waals surface area contributed by atoms with E-state index >= 15 is 0 Å². The number of hydrogen-bond donors (Lipinski definition) is 4. The van der Waals surface area contributed by atoms with Crippen LogP contribution in [0.5, 0.6) is 0 Å². The lowest BCUT2D eigenvalue weighted by atomic mass is 9.72. The molecule has 0 radical (unpaired) electrons. The lowest BCUT2D eigenvalue weighted by Crippen LogP contribution is -2.37. The van der Waals surface area contributed by atoms with E-state index in [0.717, 1.165) is 56.5 Å². The zero-order chi connectivity index (χ0) is 26.3. The number of rotatable bonds is 8. The van der Waals surface area contributed by atoms with Crippen molar-refractivity contribution in [2.45, 2.75) is 69.6 Å². The standard InChI is InChI=1S/C27H32F3N7/c1-15(33-19-10-5-11-19)23-25-20(13-21(34-23)27(28,29)30)24(35-36-25)18-9-4-8-17(12-18)22(16-6-3-7-16)26(32)37(2)14-31/h4,8-9,12-16,19,22,31-33H,3,5-7,10-11H2,1-2H3,(H,35,36). The highest BCUT2D eigenvalue weighted by atomic mass is 19.4. The zero-order valence-electron chi connectivity index (χ0n) is 21.0. The van der Waals surface area contributed by atoms with Crippen molar-refractivity contribution in [1.29, 1.82) is 10.8 Å². The highest BCUT2D eigenvalue weighted by Crippen LogP contribution is 2.42. The molecule has 0 spiro atoms. The molecular weight excluding hydrogens is 479 g/mol. The van der Waals surface area contributed by atoms with Gasteiger partial charge in [-0.1, -0.05) is 31.0 Å². The molecule has 2 heterocycles. The quantitative estimate of drug-likeness (QED) is 0.212. The highest BCUT2D eigenvalue weighted by molar-refractivity contribution is 5.96. The first kappa shape index (κ1) is 25.4. The Labute approximate surface area is 213 Å². The van der Waals surface area contributed by atoms with Gasteiger partial charge in [0.1, 0.15) is 17.2 Å². The van der Waals surface area contributed by atoms with Gasteiger partial charge in [-0.25, -0.2) is 4.98 Å². The zero-order valence-corrected chi connectivity index (χ0v) is 21.0. The van der Waals surface area contributed by atoms with Crippen LogP contribution in [0.2, 0.25) is 0 Å². The Kier molecular flexibility index (Phi) is 6.78. The van der Waals surface area contributed by atoms with Crippen LogP contribution in [0.4, 0.5) is 13.2 Å². The average molecular weight is 512 g/mol. The molecule has 2 fully saturated rings. The van der Waals surface area contributed by atoms with Crippen LogP contribution in [0.1, 0.15) is 74.4 Å². The van der Waals surface area contributed by atoms with E-state index in [0.29, 0.717) is 45.6 Å². The monoisotopic (exact) mass is 511 g/mol. The number of benzene rings is 1. The topological polar surface area (TPSA) is 105 Å². The molecular formula is C27H32F3N7. The number of fused-ring (bicyclic) bond motifs is 1. The highest BCUT2D eigenvalue weighted by Gasteiger charge is 2.36. The summed E-state index contributed by atoms with van der Waals surface area (Å²) in [6.45, 7) is 1.84. The van der Waals surface area contributed by atoms with Crippen molar-refractivity contribution >= 4 is 23.1 Å². The number of aromatic nitrogens is 3. The number of alkyl halides is 3. The Morgan fingerprint density at radius 3 is 2.51 bits per heavy atom. The third-order valence-corrected chi connectivity index (χ3v) is 7.88. The van der Waals surface area contributed by atoms with Crippen molar-refractivity contribution in [1.82, 2.24) is 25.4 Å². The SMILES string of the molecule is CC(NC1CCC1)c1nc(C(F)(F)F)cc2c(-c3cccc(C(C(=N)N(C)C=N)C4CCC4)c3)n[nH]c12. The summed E-state index contributed by atoms with van der Waals surface area (Å²) in [5, 5.41) is 27.5. The van der Waals surface area contributed by atoms with Gasteiger partial charge in [0.25, 0.3) is 0 Å². The van der Waals surface area contributed by atoms with Gasteiger partial charge in [-0.3, -0.25) is 15.9 Å². The molecule has 0 amide bonds. The first-order valence-electron chi connectivity index (χ1n) is 12.8. The molecule has 0 bridgehead atoms. The summed E-state index contributed by atoms with van der Waals surface area (Å²) >= 11 is 0. The smallest absolute Gasteiger partial charge is 0.324 e. The minimum Gasteiger partial charge on any atom is -0.324 e. The lowest BCUT2D eigenvalue weighted by molar-refractivity contribution is -0.141. The van der Waals surface area contributed by atoms with Gasteiger partial charge >= 0.3 is 6.18 Å². The summed E-state index contributed by atoms with van der Waals surface area (Å²) in [6, 6.07) is 8.58. The second kappa shape index (κ2) is 9.89. The van der Waals surface area contributed by atoms with E-state index in [-0.39, 0.29) is 12.0 Å². The molecule has 2 aliphatic carbocycles. The fraction of sp³-hybridized carbons (Fsp3) is 0.481. The van der Waals surface area contributed by atoms with Crippen LogP contribution in [0.25, 0.3) is 22.2 Å². The largest absolute Gasteiger partial charge is 0.433 e. The molecule has 0 aliphatic heterocycles. The van der Waals surface area contributed by atoms with Gasteiger partial charge in [-0.15, -0.1) is 0 Å². The number of likely N-dealkylation sites (N-methyl/N-ethyl adjacent to an activating group) is 1. The van der Waals surface area contributed by atoms with Gasteiger partial charge in [0, 0.05) is 36.0 Å². The summed E-state index contributed by atoms with van der Waals surface area (Å²) in [6.07, 6.45) is 2.80. The molecule has 2 saturated carbocycles. The van der Waals surface area contributed by atoms with E-state index in [4.69, 9.17) is 10.8 Å². The van der Waals surface area contributed by atoms with Crippen LogP contribution in [0, 0.1) is 16.7 Å². The molecule has 1 aromatic carbocycles. The molecule has 2 unspecified atom stereocenters. The Hall–Kier alpha value is -3.27. The Balaban J connectivity index is 1.58. The number of pyridine rings is 1. The van der Waals surface area contributed by atoms with Crippen molar-refractivity contribution in [3.05, 3.63) is 47.3 Å². The summed E-state index contributed by atoms with van der Waals surface area (Å²) in [5.41, 5.74) is 1.90. The number of halogens is 3. The van der Waals surface area contributed by atoms with Crippen LogP contribution in [0.15, 0.2) is 30.3 Å². The van der Waals surface area contributed by atoms with Crippen LogP contribution >= 0.6 is 0 Å². The molecule has 37 heavy (non-hydrogen) atoms. The first-order valence-corrected chi connectivity index (χ1v) is 12.8. The third kappa shape index (κ3) is 4.86. The fourth-order valence-corrected chi connectivity index (χ4v) is 5.32. The van der Waals surface area contributed by atoms with E-state index in [2.05, 4.69) is 20.5 Å². The predicted molar refractivity (Wildman–Crippen MR) is 138 cm³/mol. The normalized spacial score (nSPS) is 18.2. The summed E-state index contributed by atoms with van der Waals surface area (Å²) in [7, 11) is 1.69. The Bertz CT molecular complexity index is 1310. The molecule has 7 nitrogen and oxygen atoms in total. The number of nitrogens with zero attached hydrogens (tertiary/aromatic N) is 3. The molecule has 10 heteroatoms. The van der Waals surface area contributed by atoms with E-state index in [9.17, 15) is 13.2 Å². The maximum Gasteiger partial charge on any atom is 0.433 e. The van der Waals surface area contributed by atoms with Gasteiger partial charge in [0.15, 0.2) is 0 Å². The van der Waals surface area contributed by atoms with E-state index in [1.54, 1.807) is 7.05 Å². The lowest BCUT2D eigenvalue weighted by Gasteiger charge is -2.36. The van der Waals surface area contributed by atoms with Crippen molar-refractivity contribution < 1.29 is 13.2 Å². The molecule has 0 saturated heterocycles. The van der Waals surface area contributed by atoms with Crippen molar-refractivity contribution in [3.63, 3.8) is 0 Å². The van der Waals surface area contributed by atoms with Gasteiger partial charge < -0.3 is 10.2 Å². The summed E-state index contributed by atoms with van der Waals surface area (Å²) < 4.78 is 41.6. The molecule has 3 aromatic rings.